The van der Waals surface area contributed by atoms with Crippen LogP contribution < -0.4 is 9.47 Å². The van der Waals surface area contributed by atoms with E-state index >= 15 is 0 Å². The first-order valence-corrected chi connectivity index (χ1v) is 12.8. The summed E-state index contributed by atoms with van der Waals surface area (Å²) in [5.74, 6) is 0.112. The molecule has 1 aliphatic rings. The van der Waals surface area contributed by atoms with E-state index in [9.17, 15) is 14.7 Å². The number of benzene rings is 2. The third kappa shape index (κ3) is 7.23. The van der Waals surface area contributed by atoms with E-state index in [0.29, 0.717) is 55.8 Å². The Kier molecular flexibility index (Phi) is 10.3. The summed E-state index contributed by atoms with van der Waals surface area (Å²) < 4.78 is 17.0. The van der Waals surface area contributed by atoms with Crippen LogP contribution in [0.1, 0.15) is 50.8 Å². The second-order valence-corrected chi connectivity index (χ2v) is 9.29. The largest absolute Gasteiger partial charge is 0.503 e. The van der Waals surface area contributed by atoms with E-state index in [2.05, 4.69) is 13.8 Å². The van der Waals surface area contributed by atoms with Gasteiger partial charge in [-0.25, -0.2) is 0 Å². The number of amides is 1. The quantitative estimate of drug-likeness (QED) is 0.268. The van der Waals surface area contributed by atoms with Crippen LogP contribution in [0, 0.1) is 5.92 Å². The fourth-order valence-corrected chi connectivity index (χ4v) is 4.17. The van der Waals surface area contributed by atoms with Crippen molar-refractivity contribution >= 4 is 17.8 Å². The number of carbonyl (C=O) groups is 2. The summed E-state index contributed by atoms with van der Waals surface area (Å²) in [7, 11) is 1.59. The molecule has 1 heterocycles. The van der Waals surface area contributed by atoms with Gasteiger partial charge in [-0.3, -0.25) is 9.59 Å². The number of methoxy groups -OCH3 is 1. The zero-order chi connectivity index (χ0) is 26.8. The van der Waals surface area contributed by atoms with Crippen molar-refractivity contribution in [2.24, 2.45) is 5.92 Å². The zero-order valence-corrected chi connectivity index (χ0v) is 22.1. The molecule has 0 aromatic heterocycles. The molecule has 1 atom stereocenters. The average Bonchev–Trinajstić information content (AvgIpc) is 3.14. The normalized spacial score (nSPS) is 15.8. The van der Waals surface area contributed by atoms with Crippen molar-refractivity contribution in [1.29, 1.82) is 0 Å². The lowest BCUT2D eigenvalue weighted by Crippen LogP contribution is -2.32. The van der Waals surface area contributed by atoms with Crippen molar-refractivity contribution in [2.75, 3.05) is 33.5 Å². The monoisotopic (exact) mass is 507 g/mol. The Morgan fingerprint density at radius 3 is 2.51 bits per heavy atom. The number of hydrogen-bond acceptors (Lipinski definition) is 6. The Morgan fingerprint density at radius 1 is 1.08 bits per heavy atom. The summed E-state index contributed by atoms with van der Waals surface area (Å²) in [4.78, 5) is 28.0. The number of hydrogen-bond donors (Lipinski definition) is 1. The molecule has 1 amide bonds. The predicted molar refractivity (Wildman–Crippen MR) is 144 cm³/mol. The maximum atomic E-state index is 13.4. The highest BCUT2D eigenvalue weighted by molar-refractivity contribution is 6.14. The number of rotatable bonds is 14. The molecule has 0 saturated heterocycles. The van der Waals surface area contributed by atoms with Gasteiger partial charge in [-0.1, -0.05) is 56.3 Å². The van der Waals surface area contributed by atoms with Gasteiger partial charge in [-0.05, 0) is 55.0 Å². The fourth-order valence-electron chi connectivity index (χ4n) is 4.17. The van der Waals surface area contributed by atoms with Crippen molar-refractivity contribution in [1.82, 2.24) is 4.90 Å². The highest BCUT2D eigenvalue weighted by atomic mass is 16.5. The van der Waals surface area contributed by atoms with Crippen LogP contribution in [0.25, 0.3) is 6.08 Å². The SMILES string of the molecule is CCOc1cc(C2C(C(=O)C=Cc3ccccc3)=C(O)C(=O)N2CCCOC)ccc1OCCC(C)C. The van der Waals surface area contributed by atoms with Crippen molar-refractivity contribution in [3.05, 3.63) is 77.1 Å². The molecule has 7 heteroatoms. The van der Waals surface area contributed by atoms with E-state index in [1.807, 2.05) is 43.3 Å². The maximum absolute atomic E-state index is 13.4. The van der Waals surface area contributed by atoms with E-state index < -0.39 is 23.5 Å². The molecular formula is C30H37NO6. The van der Waals surface area contributed by atoms with Gasteiger partial charge in [0.1, 0.15) is 0 Å². The van der Waals surface area contributed by atoms with E-state index in [0.717, 1.165) is 12.0 Å². The van der Waals surface area contributed by atoms with Crippen LogP contribution in [0.2, 0.25) is 0 Å². The molecule has 0 aliphatic carbocycles. The minimum Gasteiger partial charge on any atom is -0.503 e. The number of aliphatic hydroxyl groups excluding tert-OH is 1. The molecule has 1 N–H and O–H groups in total. The van der Waals surface area contributed by atoms with E-state index in [1.54, 1.807) is 25.3 Å². The number of ether oxygens (including phenoxy) is 3. The molecule has 0 spiro atoms. The molecule has 198 valence electrons. The lowest BCUT2D eigenvalue weighted by atomic mass is 9.95. The zero-order valence-electron chi connectivity index (χ0n) is 22.1. The highest BCUT2D eigenvalue weighted by Crippen LogP contribution is 2.41. The molecule has 1 aliphatic heterocycles. The molecule has 2 aromatic rings. The second-order valence-electron chi connectivity index (χ2n) is 9.29. The number of aliphatic hydroxyl groups is 1. The summed E-state index contributed by atoms with van der Waals surface area (Å²) in [5.41, 5.74) is 1.55. The van der Waals surface area contributed by atoms with Gasteiger partial charge >= 0.3 is 0 Å². The predicted octanol–water partition coefficient (Wildman–Crippen LogP) is 5.52. The number of ketones is 1. The topological polar surface area (TPSA) is 85.3 Å². The molecule has 1 unspecified atom stereocenters. The van der Waals surface area contributed by atoms with Gasteiger partial charge in [0, 0.05) is 20.3 Å². The lowest BCUT2D eigenvalue weighted by Gasteiger charge is -2.27. The Labute approximate surface area is 219 Å². The third-order valence-electron chi connectivity index (χ3n) is 6.08. The minimum absolute atomic E-state index is 0.0468. The van der Waals surface area contributed by atoms with Crippen LogP contribution in [0.4, 0.5) is 0 Å². The summed E-state index contributed by atoms with van der Waals surface area (Å²) in [5, 5.41) is 10.8. The van der Waals surface area contributed by atoms with Gasteiger partial charge < -0.3 is 24.2 Å². The Bertz CT molecular complexity index is 1120. The van der Waals surface area contributed by atoms with Gasteiger partial charge in [0.05, 0.1) is 24.8 Å². The lowest BCUT2D eigenvalue weighted by molar-refractivity contribution is -0.129. The van der Waals surface area contributed by atoms with Crippen LogP contribution >= 0.6 is 0 Å². The summed E-state index contributed by atoms with van der Waals surface area (Å²) in [6.07, 6.45) is 4.53. The molecule has 7 nitrogen and oxygen atoms in total. The van der Waals surface area contributed by atoms with Crippen LogP contribution in [-0.4, -0.2) is 55.2 Å². The molecule has 37 heavy (non-hydrogen) atoms. The van der Waals surface area contributed by atoms with E-state index in [-0.39, 0.29) is 5.57 Å². The van der Waals surface area contributed by atoms with Crippen LogP contribution in [-0.2, 0) is 14.3 Å². The van der Waals surface area contributed by atoms with E-state index in [4.69, 9.17) is 14.2 Å². The smallest absolute Gasteiger partial charge is 0.290 e. The molecule has 0 fully saturated rings. The molecule has 3 rings (SSSR count). The second kappa shape index (κ2) is 13.7. The first-order valence-electron chi connectivity index (χ1n) is 12.8. The molecule has 0 saturated carbocycles. The van der Waals surface area contributed by atoms with Gasteiger partial charge in [0.15, 0.2) is 23.0 Å². The fraction of sp³-hybridized carbons (Fsp3) is 0.400. The summed E-state index contributed by atoms with van der Waals surface area (Å²) in [6.45, 7) is 7.90. The van der Waals surface area contributed by atoms with Crippen molar-refractivity contribution < 1.29 is 28.9 Å². The number of carbonyl (C=O) groups excluding carboxylic acids is 2. The number of nitrogens with zero attached hydrogens (tertiary/aromatic N) is 1. The number of allylic oxidation sites excluding steroid dienone is 1. The van der Waals surface area contributed by atoms with E-state index in [1.165, 1.54) is 11.0 Å². The molecule has 2 aromatic carbocycles. The molecule has 0 radical (unpaired) electrons. The maximum Gasteiger partial charge on any atom is 0.290 e. The van der Waals surface area contributed by atoms with Gasteiger partial charge in [-0.15, -0.1) is 0 Å². The Balaban J connectivity index is 1.98. The van der Waals surface area contributed by atoms with Crippen LogP contribution in [0.3, 0.4) is 0 Å². The third-order valence-corrected chi connectivity index (χ3v) is 6.08. The van der Waals surface area contributed by atoms with Crippen molar-refractivity contribution in [3.63, 3.8) is 0 Å². The minimum atomic E-state index is -0.763. The van der Waals surface area contributed by atoms with Gasteiger partial charge in [0.2, 0.25) is 0 Å². The van der Waals surface area contributed by atoms with Crippen molar-refractivity contribution in [2.45, 2.75) is 39.7 Å². The van der Waals surface area contributed by atoms with Crippen LogP contribution in [0.15, 0.2) is 65.9 Å². The molecule has 0 bridgehead atoms. The standard InChI is InChI=1S/C30H37NO6/c1-5-36-26-20-23(13-15-25(26)37-19-16-21(2)3)28-27(24(32)14-12-22-10-7-6-8-11-22)29(33)30(34)31(28)17-9-18-35-4/h6-8,10-15,20-21,28,33H,5,9,16-19H2,1-4H3. The van der Waals surface area contributed by atoms with Crippen LogP contribution in [0.5, 0.6) is 11.5 Å². The average molecular weight is 508 g/mol. The van der Waals surface area contributed by atoms with Gasteiger partial charge in [-0.2, -0.15) is 0 Å². The first kappa shape index (κ1) is 28.0. The Morgan fingerprint density at radius 2 is 1.84 bits per heavy atom. The summed E-state index contributed by atoms with van der Waals surface area (Å²) in [6, 6.07) is 14.0. The van der Waals surface area contributed by atoms with Gasteiger partial charge in [0.25, 0.3) is 5.91 Å². The molecular weight excluding hydrogens is 470 g/mol. The Hall–Kier alpha value is -3.58. The van der Waals surface area contributed by atoms with Crippen molar-refractivity contribution in [3.8, 4) is 11.5 Å². The summed E-state index contributed by atoms with van der Waals surface area (Å²) >= 11 is 0. The first-order chi connectivity index (χ1) is 17.9. The highest BCUT2D eigenvalue weighted by Gasteiger charge is 2.42.